The molecule has 2 aromatic rings. The van der Waals surface area contributed by atoms with Gasteiger partial charge in [-0.05, 0) is 48.1 Å². The van der Waals surface area contributed by atoms with Gasteiger partial charge in [0.15, 0.2) is 0 Å². The normalized spacial score (nSPS) is 12.2. The van der Waals surface area contributed by atoms with Crippen LogP contribution in [0.4, 0.5) is 11.4 Å². The van der Waals surface area contributed by atoms with Crippen molar-refractivity contribution in [2.24, 2.45) is 11.8 Å². The number of amides is 2. The summed E-state index contributed by atoms with van der Waals surface area (Å²) in [6.07, 6.45) is 0. The Morgan fingerprint density at radius 2 is 1.76 bits per heavy atom. The largest absolute Gasteiger partial charge is 0.377 e. The van der Waals surface area contributed by atoms with E-state index >= 15 is 0 Å². The third kappa shape index (κ3) is 5.82. The minimum absolute atomic E-state index is 0.0179. The maximum Gasteiger partial charge on any atom is 0.264 e. The van der Waals surface area contributed by atoms with Crippen molar-refractivity contribution in [1.29, 1.82) is 0 Å². The predicted molar refractivity (Wildman–Crippen MR) is 123 cm³/mol. The molecule has 1 aromatic heterocycles. The van der Waals surface area contributed by atoms with Crippen LogP contribution >= 0.6 is 11.3 Å². The van der Waals surface area contributed by atoms with Crippen LogP contribution in [0.15, 0.2) is 35.7 Å². The topological polar surface area (TPSA) is 52.7 Å². The van der Waals surface area contributed by atoms with Gasteiger partial charge in [0, 0.05) is 44.0 Å². The summed E-state index contributed by atoms with van der Waals surface area (Å²) < 4.78 is 0. The van der Waals surface area contributed by atoms with E-state index in [9.17, 15) is 9.59 Å². The molecule has 0 saturated heterocycles. The van der Waals surface area contributed by atoms with E-state index in [1.165, 1.54) is 11.3 Å². The number of thiophene rings is 1. The molecule has 0 bridgehead atoms. The molecule has 6 heteroatoms. The molecule has 1 N–H and O–H groups in total. The lowest BCUT2D eigenvalue weighted by atomic mass is 10.0. The van der Waals surface area contributed by atoms with Gasteiger partial charge in [0.1, 0.15) is 0 Å². The Morgan fingerprint density at radius 3 is 2.28 bits per heavy atom. The van der Waals surface area contributed by atoms with Gasteiger partial charge in [-0.3, -0.25) is 9.59 Å². The summed E-state index contributed by atoms with van der Waals surface area (Å²) in [4.78, 5) is 30.1. The zero-order chi connectivity index (χ0) is 21.7. The Kier molecular flexibility index (Phi) is 7.85. The van der Waals surface area contributed by atoms with Gasteiger partial charge in [-0.25, -0.2) is 0 Å². The summed E-state index contributed by atoms with van der Waals surface area (Å²) >= 11 is 1.47. The van der Waals surface area contributed by atoms with Crippen molar-refractivity contribution in [2.45, 2.75) is 47.2 Å². The minimum atomic E-state index is -0.0927. The molecule has 1 aromatic carbocycles. The minimum Gasteiger partial charge on any atom is -0.377 e. The second-order valence-electron chi connectivity index (χ2n) is 8.28. The van der Waals surface area contributed by atoms with Gasteiger partial charge < -0.3 is 15.1 Å². The molecular weight excluding hydrogens is 382 g/mol. The number of nitrogens with one attached hydrogen (secondary N) is 1. The summed E-state index contributed by atoms with van der Waals surface area (Å²) in [5.74, 6) is 0.258. The summed E-state index contributed by atoms with van der Waals surface area (Å²) in [6.45, 7) is 10.6. The van der Waals surface area contributed by atoms with Crippen molar-refractivity contribution in [2.75, 3.05) is 24.3 Å². The number of carbonyl (C=O) groups excluding carboxylic acids is 2. The second kappa shape index (κ2) is 9.92. The first kappa shape index (κ1) is 22.9. The quantitative estimate of drug-likeness (QED) is 0.653. The maximum absolute atomic E-state index is 13.2. The highest BCUT2D eigenvalue weighted by molar-refractivity contribution is 7.12. The fourth-order valence-corrected chi connectivity index (χ4v) is 3.68. The van der Waals surface area contributed by atoms with Crippen molar-refractivity contribution < 1.29 is 9.59 Å². The standard InChI is InChI=1S/C23H33N3O2S/c1-15(2)17(5)26(23(28)21-9-8-12-29-21)14-18-13-19(24-22(27)16(3)4)10-11-20(18)25(6)7/h8-13,15-17H,14H2,1-7H3,(H,24,27). The Labute approximate surface area is 178 Å². The smallest absolute Gasteiger partial charge is 0.264 e. The van der Waals surface area contributed by atoms with Crippen molar-refractivity contribution in [3.05, 3.63) is 46.2 Å². The van der Waals surface area contributed by atoms with Crippen LogP contribution in [0.2, 0.25) is 0 Å². The molecule has 1 heterocycles. The first-order valence-electron chi connectivity index (χ1n) is 10.1. The molecule has 2 rings (SSSR count). The van der Waals surface area contributed by atoms with E-state index in [1.807, 2.05) is 73.5 Å². The Balaban J connectivity index is 2.41. The Hall–Kier alpha value is -2.34. The molecule has 5 nitrogen and oxygen atoms in total. The Morgan fingerprint density at radius 1 is 1.07 bits per heavy atom. The molecule has 29 heavy (non-hydrogen) atoms. The lowest BCUT2D eigenvalue weighted by Crippen LogP contribution is -2.41. The predicted octanol–water partition coefficient (Wildman–Crippen LogP) is 5.10. The van der Waals surface area contributed by atoms with Crippen LogP contribution in [-0.4, -0.2) is 36.9 Å². The molecule has 0 radical (unpaired) electrons. The van der Waals surface area contributed by atoms with Gasteiger partial charge in [-0.2, -0.15) is 0 Å². The van der Waals surface area contributed by atoms with Gasteiger partial charge in [0.25, 0.3) is 5.91 Å². The van der Waals surface area contributed by atoms with Crippen LogP contribution in [0, 0.1) is 11.8 Å². The molecule has 158 valence electrons. The third-order valence-corrected chi connectivity index (χ3v) is 6.00. The molecule has 1 atom stereocenters. The summed E-state index contributed by atoms with van der Waals surface area (Å²) in [7, 11) is 3.98. The highest BCUT2D eigenvalue weighted by Gasteiger charge is 2.26. The lowest BCUT2D eigenvalue weighted by molar-refractivity contribution is -0.118. The highest BCUT2D eigenvalue weighted by atomic mass is 32.1. The van der Waals surface area contributed by atoms with Gasteiger partial charge >= 0.3 is 0 Å². The number of benzene rings is 1. The van der Waals surface area contributed by atoms with Crippen molar-refractivity contribution in [1.82, 2.24) is 4.90 Å². The van der Waals surface area contributed by atoms with Gasteiger partial charge in [-0.1, -0.05) is 33.8 Å². The molecule has 0 aliphatic carbocycles. The third-order valence-electron chi connectivity index (χ3n) is 5.14. The van der Waals surface area contributed by atoms with Crippen LogP contribution in [0.25, 0.3) is 0 Å². The van der Waals surface area contributed by atoms with Crippen molar-refractivity contribution >= 4 is 34.5 Å². The summed E-state index contributed by atoms with van der Waals surface area (Å²) in [5, 5.41) is 4.90. The zero-order valence-corrected chi connectivity index (χ0v) is 19.3. The van der Waals surface area contributed by atoms with Crippen LogP contribution in [0.1, 0.15) is 49.9 Å². The van der Waals surface area contributed by atoms with Crippen LogP contribution in [0.3, 0.4) is 0 Å². The zero-order valence-electron chi connectivity index (χ0n) is 18.5. The fraction of sp³-hybridized carbons (Fsp3) is 0.478. The van der Waals surface area contributed by atoms with Gasteiger partial charge in [0.05, 0.1) is 4.88 Å². The van der Waals surface area contributed by atoms with E-state index in [-0.39, 0.29) is 23.8 Å². The number of carbonyl (C=O) groups is 2. The van der Waals surface area contributed by atoms with Crippen LogP contribution in [-0.2, 0) is 11.3 Å². The average molecular weight is 416 g/mol. The lowest BCUT2D eigenvalue weighted by Gasteiger charge is -2.33. The van der Waals surface area contributed by atoms with E-state index in [1.54, 1.807) is 0 Å². The van der Waals surface area contributed by atoms with Gasteiger partial charge in [-0.15, -0.1) is 11.3 Å². The van der Waals surface area contributed by atoms with E-state index in [2.05, 4.69) is 26.1 Å². The SMILES string of the molecule is CC(C)C(=O)Nc1ccc(N(C)C)c(CN(C(=O)c2cccs2)C(C)C(C)C)c1. The molecule has 0 saturated carbocycles. The maximum atomic E-state index is 13.2. The second-order valence-corrected chi connectivity index (χ2v) is 9.22. The molecule has 0 fully saturated rings. The van der Waals surface area contributed by atoms with Gasteiger partial charge in [0.2, 0.25) is 5.91 Å². The number of rotatable bonds is 8. The number of hydrogen-bond donors (Lipinski definition) is 1. The molecular formula is C23H33N3O2S. The van der Waals surface area contributed by atoms with Crippen molar-refractivity contribution in [3.8, 4) is 0 Å². The van der Waals surface area contributed by atoms with Crippen molar-refractivity contribution in [3.63, 3.8) is 0 Å². The van der Waals surface area contributed by atoms with Crippen LogP contribution in [0.5, 0.6) is 0 Å². The summed E-state index contributed by atoms with van der Waals surface area (Å²) in [6, 6.07) is 9.75. The number of nitrogens with zero attached hydrogens (tertiary/aromatic N) is 2. The van der Waals surface area contributed by atoms with E-state index in [0.29, 0.717) is 12.5 Å². The van der Waals surface area contributed by atoms with E-state index in [0.717, 1.165) is 21.8 Å². The number of hydrogen-bond acceptors (Lipinski definition) is 4. The number of anilines is 2. The summed E-state index contributed by atoms with van der Waals surface area (Å²) in [5.41, 5.74) is 2.80. The first-order valence-corrected chi connectivity index (χ1v) is 10.9. The highest BCUT2D eigenvalue weighted by Crippen LogP contribution is 2.28. The first-order chi connectivity index (χ1) is 13.6. The van der Waals surface area contributed by atoms with E-state index < -0.39 is 0 Å². The van der Waals surface area contributed by atoms with E-state index in [4.69, 9.17) is 0 Å². The molecule has 2 amide bonds. The fourth-order valence-electron chi connectivity index (χ4n) is 3.00. The molecule has 0 spiro atoms. The molecule has 0 aliphatic heterocycles. The molecule has 0 aliphatic rings. The monoisotopic (exact) mass is 415 g/mol. The molecule has 1 unspecified atom stereocenters. The Bertz CT molecular complexity index is 829. The average Bonchev–Trinajstić information content (AvgIpc) is 3.19. The van der Waals surface area contributed by atoms with Crippen LogP contribution < -0.4 is 10.2 Å².